The Morgan fingerprint density at radius 2 is 1.85 bits per heavy atom. The van der Waals surface area contributed by atoms with Gasteiger partial charge >= 0.3 is 5.97 Å². The molecule has 0 spiro atoms. The Balaban J connectivity index is 1.50. The second-order valence-electron chi connectivity index (χ2n) is 8.44. The van der Waals surface area contributed by atoms with E-state index in [1.54, 1.807) is 36.4 Å². The van der Waals surface area contributed by atoms with Gasteiger partial charge in [0.15, 0.2) is 11.5 Å². The van der Waals surface area contributed by atoms with Gasteiger partial charge in [-0.15, -0.1) is 11.3 Å². The second-order valence-corrected chi connectivity index (χ2v) is 10.3. The lowest BCUT2D eigenvalue weighted by Gasteiger charge is -2.27. The zero-order valence-electron chi connectivity index (χ0n) is 20.9. The summed E-state index contributed by atoms with van der Waals surface area (Å²) in [5.74, 6) is 0.566. The Morgan fingerprint density at radius 1 is 1.08 bits per heavy atom. The molecule has 3 aromatic carbocycles. The molecule has 0 saturated heterocycles. The van der Waals surface area contributed by atoms with Gasteiger partial charge in [0.2, 0.25) is 5.88 Å². The normalized spacial score (nSPS) is 14.4. The number of thiophene rings is 1. The van der Waals surface area contributed by atoms with Crippen LogP contribution in [-0.4, -0.2) is 19.2 Å². The zero-order chi connectivity index (χ0) is 27.7. The van der Waals surface area contributed by atoms with Crippen molar-refractivity contribution in [3.63, 3.8) is 0 Å². The fourth-order valence-corrected chi connectivity index (χ4v) is 6.27. The minimum absolute atomic E-state index is 0.0347. The van der Waals surface area contributed by atoms with Crippen LogP contribution >= 0.6 is 34.5 Å². The van der Waals surface area contributed by atoms with E-state index in [2.05, 4.69) is 6.07 Å². The number of hydrogen-bond donors (Lipinski definition) is 1. The molecule has 198 valence electrons. The van der Waals surface area contributed by atoms with Gasteiger partial charge in [-0.2, -0.15) is 5.26 Å². The number of esters is 1. The molecule has 2 heterocycles. The SMILES string of the molecule is CCOc1ccc(C2C(C#N)=C(N)Oc3cc(OC(=O)c4sc5cccc(Cl)c5c4Cl)ccc32)cc1OCC. The topological polar surface area (TPSA) is 104 Å². The van der Waals surface area contributed by atoms with Crippen molar-refractivity contribution in [1.29, 1.82) is 5.26 Å². The number of benzene rings is 3. The molecule has 0 aliphatic carbocycles. The van der Waals surface area contributed by atoms with Crippen LogP contribution in [0.1, 0.15) is 40.6 Å². The van der Waals surface area contributed by atoms with Gasteiger partial charge in [0.1, 0.15) is 28.0 Å². The number of hydrogen-bond acceptors (Lipinski definition) is 8. The Morgan fingerprint density at radius 3 is 2.56 bits per heavy atom. The number of carbonyl (C=O) groups is 1. The fourth-order valence-electron chi connectivity index (χ4n) is 4.44. The fraction of sp³-hybridized carbons (Fsp3) is 0.172. The largest absolute Gasteiger partial charge is 0.490 e. The van der Waals surface area contributed by atoms with Crippen molar-refractivity contribution >= 4 is 50.6 Å². The molecular formula is C29H22Cl2N2O5S. The number of carbonyl (C=O) groups excluding carboxylic acids is 1. The van der Waals surface area contributed by atoms with E-state index in [-0.39, 0.29) is 27.1 Å². The van der Waals surface area contributed by atoms with Crippen molar-refractivity contribution in [2.24, 2.45) is 5.73 Å². The minimum atomic E-state index is -0.626. The van der Waals surface area contributed by atoms with E-state index < -0.39 is 11.9 Å². The number of halogens is 2. The summed E-state index contributed by atoms with van der Waals surface area (Å²) in [7, 11) is 0. The predicted octanol–water partition coefficient (Wildman–Crippen LogP) is 7.44. The number of ether oxygens (including phenoxy) is 4. The third-order valence-corrected chi connectivity index (χ3v) is 8.03. The van der Waals surface area contributed by atoms with Gasteiger partial charge in [-0.3, -0.25) is 0 Å². The first kappa shape index (κ1) is 26.7. The molecule has 0 saturated carbocycles. The van der Waals surface area contributed by atoms with Crippen LogP contribution < -0.4 is 24.7 Å². The minimum Gasteiger partial charge on any atom is -0.490 e. The molecule has 1 atom stereocenters. The third-order valence-electron chi connectivity index (χ3n) is 6.09. The maximum absolute atomic E-state index is 13.0. The Bertz CT molecular complexity index is 1670. The zero-order valence-corrected chi connectivity index (χ0v) is 23.2. The maximum atomic E-state index is 13.0. The molecule has 0 fully saturated rings. The molecule has 1 aliphatic rings. The van der Waals surface area contributed by atoms with Crippen LogP contribution in [0.25, 0.3) is 10.1 Å². The van der Waals surface area contributed by atoms with Gasteiger partial charge in [-0.1, -0.05) is 41.4 Å². The predicted molar refractivity (Wildman–Crippen MR) is 151 cm³/mol. The lowest BCUT2D eigenvalue weighted by molar-refractivity contribution is 0.0740. The summed E-state index contributed by atoms with van der Waals surface area (Å²) in [6, 6.07) is 18.0. The summed E-state index contributed by atoms with van der Waals surface area (Å²) < 4.78 is 23.7. The van der Waals surface area contributed by atoms with Crippen LogP contribution in [0.15, 0.2) is 66.1 Å². The molecule has 1 aromatic heterocycles. The highest BCUT2D eigenvalue weighted by molar-refractivity contribution is 7.21. The van der Waals surface area contributed by atoms with Crippen molar-refractivity contribution in [1.82, 2.24) is 0 Å². The van der Waals surface area contributed by atoms with Gasteiger partial charge < -0.3 is 24.7 Å². The number of fused-ring (bicyclic) bond motifs is 2. The van der Waals surface area contributed by atoms with E-state index in [0.717, 1.165) is 10.3 Å². The van der Waals surface area contributed by atoms with Crippen LogP contribution in [0.5, 0.6) is 23.0 Å². The number of nitriles is 1. The maximum Gasteiger partial charge on any atom is 0.355 e. The first-order valence-electron chi connectivity index (χ1n) is 12.1. The van der Waals surface area contributed by atoms with E-state index in [1.165, 1.54) is 11.3 Å². The summed E-state index contributed by atoms with van der Waals surface area (Å²) in [4.78, 5) is 13.3. The molecule has 5 rings (SSSR count). The molecule has 2 N–H and O–H groups in total. The van der Waals surface area contributed by atoms with Crippen molar-refractivity contribution in [3.8, 4) is 29.1 Å². The molecule has 1 aliphatic heterocycles. The standard InChI is InChI=1S/C29H22Cl2N2O5S/c1-3-35-20-11-8-15(12-22(20)36-4-2)24-17-10-9-16(13-21(17)38-28(33)18(24)14-32)37-29(34)27-26(31)25-19(30)6-5-7-23(25)39-27/h5-13,24H,3-4,33H2,1-2H3. The molecule has 0 radical (unpaired) electrons. The van der Waals surface area contributed by atoms with Crippen molar-refractivity contribution in [2.75, 3.05) is 13.2 Å². The number of nitrogens with two attached hydrogens (primary N) is 1. The van der Waals surface area contributed by atoms with Gasteiger partial charge in [0, 0.05) is 21.7 Å². The molecular weight excluding hydrogens is 559 g/mol. The highest BCUT2D eigenvalue weighted by Crippen LogP contribution is 2.46. The summed E-state index contributed by atoms with van der Waals surface area (Å²) in [6.07, 6.45) is 0. The van der Waals surface area contributed by atoms with Gasteiger partial charge in [0.25, 0.3) is 0 Å². The molecule has 39 heavy (non-hydrogen) atoms. The molecule has 4 aromatic rings. The van der Waals surface area contributed by atoms with Crippen LogP contribution in [0.2, 0.25) is 10.0 Å². The average molecular weight is 581 g/mol. The number of nitrogens with zero attached hydrogens (tertiary/aromatic N) is 1. The van der Waals surface area contributed by atoms with Gasteiger partial charge in [-0.05, 0) is 49.7 Å². The first-order valence-corrected chi connectivity index (χ1v) is 13.6. The summed E-state index contributed by atoms with van der Waals surface area (Å²) in [5.41, 5.74) is 7.87. The lowest BCUT2D eigenvalue weighted by Crippen LogP contribution is -2.21. The smallest absolute Gasteiger partial charge is 0.355 e. The van der Waals surface area contributed by atoms with Crippen LogP contribution in [-0.2, 0) is 0 Å². The van der Waals surface area contributed by atoms with Gasteiger partial charge in [-0.25, -0.2) is 4.79 Å². The van der Waals surface area contributed by atoms with E-state index >= 15 is 0 Å². The van der Waals surface area contributed by atoms with Crippen molar-refractivity contribution in [3.05, 3.63) is 92.1 Å². The number of allylic oxidation sites excluding steroid dienone is 1. The van der Waals surface area contributed by atoms with E-state index in [4.69, 9.17) is 47.9 Å². The van der Waals surface area contributed by atoms with E-state index in [9.17, 15) is 10.1 Å². The first-order chi connectivity index (χ1) is 18.9. The summed E-state index contributed by atoms with van der Waals surface area (Å²) in [6.45, 7) is 4.71. The molecule has 0 amide bonds. The summed E-state index contributed by atoms with van der Waals surface area (Å²) in [5, 5.41) is 11.2. The highest BCUT2D eigenvalue weighted by atomic mass is 35.5. The van der Waals surface area contributed by atoms with Gasteiger partial charge in [0.05, 0.1) is 29.2 Å². The Labute approximate surface area is 238 Å². The Kier molecular flexibility index (Phi) is 7.58. The monoisotopic (exact) mass is 580 g/mol. The van der Waals surface area contributed by atoms with Crippen LogP contribution in [0.4, 0.5) is 0 Å². The van der Waals surface area contributed by atoms with Crippen molar-refractivity contribution < 1.29 is 23.7 Å². The average Bonchev–Trinajstić information content (AvgIpc) is 3.26. The lowest BCUT2D eigenvalue weighted by atomic mass is 9.83. The summed E-state index contributed by atoms with van der Waals surface area (Å²) >= 11 is 13.9. The second kappa shape index (κ2) is 11.1. The van der Waals surface area contributed by atoms with E-state index in [0.29, 0.717) is 46.4 Å². The molecule has 0 bridgehead atoms. The molecule has 7 nitrogen and oxygen atoms in total. The third kappa shape index (κ3) is 4.97. The molecule has 1 unspecified atom stereocenters. The van der Waals surface area contributed by atoms with Crippen molar-refractivity contribution in [2.45, 2.75) is 19.8 Å². The number of rotatable bonds is 7. The van der Waals surface area contributed by atoms with E-state index in [1.807, 2.05) is 32.0 Å². The van der Waals surface area contributed by atoms with Crippen LogP contribution in [0, 0.1) is 11.3 Å². The Hall–Kier alpha value is -3.90. The quantitative estimate of drug-likeness (QED) is 0.179. The molecule has 10 heteroatoms. The highest BCUT2D eigenvalue weighted by Gasteiger charge is 2.32. The van der Waals surface area contributed by atoms with Crippen LogP contribution in [0.3, 0.4) is 0 Å².